The van der Waals surface area contributed by atoms with Crippen LogP contribution in [0.3, 0.4) is 0 Å². The third kappa shape index (κ3) is 2.84. The van der Waals surface area contributed by atoms with Crippen LogP contribution in [-0.2, 0) is 4.79 Å². The average molecular weight is 331 g/mol. The van der Waals surface area contributed by atoms with Crippen LogP contribution in [0.1, 0.15) is 8.35 Å². The Morgan fingerprint density at radius 2 is 2.31 bits per heavy atom. The molecule has 0 atom stereocenters. The molecule has 2 aromatic heterocycles. The molecule has 80 valence electrons. The molecule has 0 radical (unpaired) electrons. The number of nitrogens with zero attached hydrogens (tertiary/aromatic N) is 3. The van der Waals surface area contributed by atoms with Gasteiger partial charge in [-0.1, -0.05) is 16.4 Å². The summed E-state index contributed by atoms with van der Waals surface area (Å²) in [6, 6.07) is 0. The maximum atomic E-state index is 10.8. The summed E-state index contributed by atoms with van der Waals surface area (Å²) < 4.78 is 0.736. The van der Waals surface area contributed by atoms with E-state index < -0.39 is 5.97 Å². The smallest absolute Gasteiger partial charge is 1.00 e. The first-order valence-corrected chi connectivity index (χ1v) is 5.13. The monoisotopic (exact) mass is 329 g/mol. The van der Waals surface area contributed by atoms with Crippen molar-refractivity contribution in [2.75, 3.05) is 0 Å². The molecule has 2 heterocycles. The predicted molar refractivity (Wildman–Crippen MR) is 58.6 cm³/mol. The minimum absolute atomic E-state index is 0. The number of carbonyl (C=O) groups is 1. The summed E-state index contributed by atoms with van der Waals surface area (Å²) >= 11 is 9.17. The van der Waals surface area contributed by atoms with Gasteiger partial charge in [0.1, 0.15) is 5.52 Å². The van der Waals surface area contributed by atoms with Gasteiger partial charge in [-0.15, -0.1) is 5.10 Å². The van der Waals surface area contributed by atoms with E-state index in [0.717, 1.165) is 14.7 Å². The maximum absolute atomic E-state index is 10.8. The predicted octanol–water partition coefficient (Wildman–Crippen LogP) is -1.06. The van der Waals surface area contributed by atoms with Crippen molar-refractivity contribution in [3.05, 3.63) is 22.0 Å². The number of pyridine rings is 1. The summed E-state index contributed by atoms with van der Waals surface area (Å²) in [7, 11) is 0. The topological polar surface area (TPSA) is 57.0 Å². The molecule has 2 rings (SSSR count). The van der Waals surface area contributed by atoms with Crippen molar-refractivity contribution in [1.82, 2.24) is 14.9 Å². The minimum atomic E-state index is -0.476. The van der Waals surface area contributed by atoms with Crippen LogP contribution in [0.4, 0.5) is 0 Å². The van der Waals surface area contributed by atoms with E-state index in [1.807, 2.05) is 0 Å². The quantitative estimate of drug-likeness (QED) is 0.494. The van der Waals surface area contributed by atoms with Gasteiger partial charge in [0, 0.05) is 23.0 Å². The van der Waals surface area contributed by atoms with Crippen molar-refractivity contribution in [2.45, 2.75) is 6.92 Å². The summed E-state index contributed by atoms with van der Waals surface area (Å²) in [5.74, 6) is -0.476. The second-order valence-electron chi connectivity index (χ2n) is 2.76. The summed E-state index contributed by atoms with van der Waals surface area (Å²) in [5.41, 5.74) is 0.459. The molecular formula is C8H6BrClKN3O2. The van der Waals surface area contributed by atoms with E-state index in [2.05, 4.69) is 26.0 Å². The Labute approximate surface area is 148 Å². The molecule has 0 aliphatic carbocycles. The van der Waals surface area contributed by atoms with Gasteiger partial charge in [-0.2, -0.15) is 0 Å². The van der Waals surface area contributed by atoms with Crippen molar-refractivity contribution in [3.8, 4) is 0 Å². The minimum Gasteiger partial charge on any atom is -1.00 e. The van der Waals surface area contributed by atoms with Crippen LogP contribution in [0.15, 0.2) is 16.9 Å². The third-order valence-corrected chi connectivity index (χ3v) is 2.61. The van der Waals surface area contributed by atoms with Crippen LogP contribution >= 0.6 is 27.5 Å². The fourth-order valence-corrected chi connectivity index (χ4v) is 1.75. The number of aromatic nitrogens is 3. The first-order valence-electron chi connectivity index (χ1n) is 3.96. The molecule has 0 saturated heterocycles. The van der Waals surface area contributed by atoms with Crippen LogP contribution < -0.4 is 56.2 Å². The standard InChI is InChI=1S/C8H5BrClN3O2.K.H/c1-4(14)15-13-7-5(2-12-13)6(9)3-11-8(7)10;;/h2-3H,1H3;;/q;+1;-1. The summed E-state index contributed by atoms with van der Waals surface area (Å²) in [6.07, 6.45) is 3.10. The summed E-state index contributed by atoms with van der Waals surface area (Å²) in [6.45, 7) is 1.28. The van der Waals surface area contributed by atoms with Crippen molar-refractivity contribution in [1.29, 1.82) is 0 Å². The van der Waals surface area contributed by atoms with E-state index in [4.69, 9.17) is 16.4 Å². The zero-order valence-electron chi connectivity index (χ0n) is 9.57. The van der Waals surface area contributed by atoms with Crippen molar-refractivity contribution >= 4 is 44.4 Å². The van der Waals surface area contributed by atoms with Crippen molar-refractivity contribution < 1.29 is 62.4 Å². The normalized spacial score (nSPS) is 9.94. The van der Waals surface area contributed by atoms with Crippen LogP contribution in [0.2, 0.25) is 5.15 Å². The van der Waals surface area contributed by atoms with Gasteiger partial charge in [-0.25, -0.2) is 9.78 Å². The molecule has 0 N–H and O–H groups in total. The first kappa shape index (κ1) is 14.6. The molecule has 0 bridgehead atoms. The largest absolute Gasteiger partial charge is 1.00 e. The number of carbonyl (C=O) groups excluding carboxylic acids is 1. The maximum Gasteiger partial charge on any atom is 1.00 e. The second-order valence-corrected chi connectivity index (χ2v) is 3.97. The Balaban J connectivity index is 0.00000128. The van der Waals surface area contributed by atoms with Gasteiger partial charge < -0.3 is 6.26 Å². The first-order chi connectivity index (χ1) is 7.09. The van der Waals surface area contributed by atoms with E-state index in [9.17, 15) is 4.79 Å². The fourth-order valence-electron chi connectivity index (χ4n) is 1.13. The van der Waals surface area contributed by atoms with Crippen molar-refractivity contribution in [3.63, 3.8) is 0 Å². The van der Waals surface area contributed by atoms with Gasteiger partial charge in [0.05, 0.1) is 6.20 Å². The Bertz CT molecular complexity index is 551. The van der Waals surface area contributed by atoms with Crippen LogP contribution in [0.25, 0.3) is 10.9 Å². The van der Waals surface area contributed by atoms with E-state index in [1.54, 1.807) is 6.20 Å². The Hall–Kier alpha value is 0.496. The SMILES string of the molecule is CC(=O)On1ncc2c(Br)cnc(Cl)c21.[H-].[K+]. The van der Waals surface area contributed by atoms with Crippen LogP contribution in [-0.4, -0.2) is 20.9 Å². The molecule has 0 unspecified atom stereocenters. The summed E-state index contributed by atoms with van der Waals surface area (Å²) in [5, 5.41) is 4.84. The van der Waals surface area contributed by atoms with Gasteiger partial charge >= 0.3 is 57.4 Å². The molecule has 0 saturated carbocycles. The molecule has 0 amide bonds. The Kier molecular flexibility index (Phi) is 5.37. The molecule has 0 aliphatic rings. The molecular weight excluding hydrogens is 325 g/mol. The fraction of sp³-hybridized carbons (Fsp3) is 0.125. The number of hydrogen-bond acceptors (Lipinski definition) is 4. The molecule has 0 aliphatic heterocycles. The zero-order valence-corrected chi connectivity index (χ0v) is 14.0. The van der Waals surface area contributed by atoms with Gasteiger partial charge in [-0.05, 0) is 15.9 Å². The molecule has 0 aromatic carbocycles. The number of halogens is 2. The number of hydrogen-bond donors (Lipinski definition) is 0. The Morgan fingerprint density at radius 3 is 2.94 bits per heavy atom. The number of fused-ring (bicyclic) bond motifs is 1. The van der Waals surface area contributed by atoms with E-state index >= 15 is 0 Å². The van der Waals surface area contributed by atoms with Gasteiger partial charge in [0.25, 0.3) is 0 Å². The van der Waals surface area contributed by atoms with E-state index in [0.29, 0.717) is 5.52 Å². The molecule has 2 aromatic rings. The van der Waals surface area contributed by atoms with Crippen LogP contribution in [0.5, 0.6) is 0 Å². The molecule has 0 fully saturated rings. The average Bonchev–Trinajstić information content (AvgIpc) is 2.56. The zero-order chi connectivity index (χ0) is 11.0. The third-order valence-electron chi connectivity index (χ3n) is 1.70. The second kappa shape index (κ2) is 5.90. The van der Waals surface area contributed by atoms with Gasteiger partial charge in [0.15, 0.2) is 5.15 Å². The van der Waals surface area contributed by atoms with Gasteiger partial charge in [0.2, 0.25) is 0 Å². The number of rotatable bonds is 1. The molecule has 0 spiro atoms. The summed E-state index contributed by atoms with van der Waals surface area (Å²) in [4.78, 5) is 20.6. The van der Waals surface area contributed by atoms with E-state index in [-0.39, 0.29) is 58.0 Å². The molecule has 8 heteroatoms. The molecule has 16 heavy (non-hydrogen) atoms. The Morgan fingerprint density at radius 1 is 1.62 bits per heavy atom. The van der Waals surface area contributed by atoms with Crippen LogP contribution in [0, 0.1) is 0 Å². The molecule has 5 nitrogen and oxygen atoms in total. The van der Waals surface area contributed by atoms with Crippen molar-refractivity contribution in [2.24, 2.45) is 0 Å². The van der Waals surface area contributed by atoms with Gasteiger partial charge in [-0.3, -0.25) is 0 Å². The van der Waals surface area contributed by atoms with E-state index in [1.165, 1.54) is 13.1 Å².